The molecule has 0 amide bonds. The van der Waals surface area contributed by atoms with Crippen molar-refractivity contribution in [2.75, 3.05) is 6.54 Å². The zero-order valence-corrected chi connectivity index (χ0v) is 18.5. The molecule has 1 aromatic carbocycles. The first-order valence-electron chi connectivity index (χ1n) is 9.59. The van der Waals surface area contributed by atoms with Crippen molar-refractivity contribution in [3.63, 3.8) is 0 Å². The molecule has 4 heterocycles. The van der Waals surface area contributed by atoms with Crippen LogP contribution in [0.4, 0.5) is 0 Å². The molecule has 1 N–H and O–H groups in total. The lowest BCUT2D eigenvalue weighted by molar-refractivity contribution is 0.614. The SMILES string of the molecule is Cc1ccc(-c2ccn(-c3ccc4c5c(n(C)c4c3)CNCC5)c(=O)c2)nc1.Cl.Cl. The summed E-state index contributed by atoms with van der Waals surface area (Å²) in [5.41, 5.74) is 7.51. The van der Waals surface area contributed by atoms with Crippen LogP contribution in [0.1, 0.15) is 16.8 Å². The molecule has 0 unspecified atom stereocenters. The van der Waals surface area contributed by atoms with Crippen molar-refractivity contribution in [2.45, 2.75) is 19.9 Å². The molecule has 4 aromatic rings. The summed E-state index contributed by atoms with van der Waals surface area (Å²) in [6, 6.07) is 13.9. The number of halogens is 2. The van der Waals surface area contributed by atoms with Gasteiger partial charge in [0.15, 0.2) is 0 Å². The predicted octanol–water partition coefficient (Wildman–Crippen LogP) is 4.19. The molecule has 0 fully saturated rings. The third kappa shape index (κ3) is 3.65. The number of rotatable bonds is 2. The van der Waals surface area contributed by atoms with E-state index in [9.17, 15) is 4.79 Å². The van der Waals surface area contributed by atoms with Crippen LogP contribution < -0.4 is 10.9 Å². The number of nitrogens with one attached hydrogen (secondary N) is 1. The van der Waals surface area contributed by atoms with Crippen molar-refractivity contribution in [1.29, 1.82) is 0 Å². The Morgan fingerprint density at radius 2 is 1.90 bits per heavy atom. The maximum atomic E-state index is 12.8. The van der Waals surface area contributed by atoms with Crippen molar-refractivity contribution in [3.8, 4) is 16.9 Å². The maximum absolute atomic E-state index is 12.8. The Morgan fingerprint density at radius 1 is 1.07 bits per heavy atom. The molecule has 0 bridgehead atoms. The van der Waals surface area contributed by atoms with Gasteiger partial charge in [0.2, 0.25) is 0 Å². The summed E-state index contributed by atoms with van der Waals surface area (Å²) >= 11 is 0. The minimum absolute atomic E-state index is 0. The lowest BCUT2D eigenvalue weighted by Gasteiger charge is -2.14. The maximum Gasteiger partial charge on any atom is 0.255 e. The first-order valence-corrected chi connectivity index (χ1v) is 9.59. The van der Waals surface area contributed by atoms with Crippen LogP contribution in [-0.4, -0.2) is 20.7 Å². The number of nitrogens with zero attached hydrogens (tertiary/aromatic N) is 3. The quantitative estimate of drug-likeness (QED) is 0.506. The average Bonchev–Trinajstić information content (AvgIpc) is 3.01. The summed E-state index contributed by atoms with van der Waals surface area (Å²) < 4.78 is 3.94. The van der Waals surface area contributed by atoms with Crippen molar-refractivity contribution in [2.24, 2.45) is 7.05 Å². The smallest absolute Gasteiger partial charge is 0.255 e. The number of pyridine rings is 2. The number of fused-ring (bicyclic) bond motifs is 3. The van der Waals surface area contributed by atoms with Gasteiger partial charge >= 0.3 is 0 Å². The van der Waals surface area contributed by atoms with E-state index in [-0.39, 0.29) is 30.4 Å². The van der Waals surface area contributed by atoms with Gasteiger partial charge < -0.3 is 9.88 Å². The second-order valence-electron chi connectivity index (χ2n) is 7.46. The van der Waals surface area contributed by atoms with Gasteiger partial charge in [-0.2, -0.15) is 0 Å². The highest BCUT2D eigenvalue weighted by Gasteiger charge is 2.18. The fourth-order valence-electron chi connectivity index (χ4n) is 4.12. The van der Waals surface area contributed by atoms with Crippen LogP contribution in [0.3, 0.4) is 0 Å². The number of aryl methyl sites for hydroxylation is 2. The van der Waals surface area contributed by atoms with E-state index in [4.69, 9.17) is 0 Å². The van der Waals surface area contributed by atoms with Gasteiger partial charge in [0.05, 0.1) is 16.9 Å². The predicted molar refractivity (Wildman–Crippen MR) is 126 cm³/mol. The van der Waals surface area contributed by atoms with Crippen molar-refractivity contribution >= 4 is 35.7 Å². The molecule has 0 radical (unpaired) electrons. The first kappa shape index (κ1) is 22.1. The van der Waals surface area contributed by atoms with Crippen LogP contribution in [0.25, 0.3) is 27.8 Å². The molecule has 0 spiro atoms. The Labute approximate surface area is 187 Å². The second-order valence-corrected chi connectivity index (χ2v) is 7.46. The Kier molecular flexibility index (Phi) is 6.36. The average molecular weight is 443 g/mol. The Bertz CT molecular complexity index is 1260. The van der Waals surface area contributed by atoms with Crippen molar-refractivity contribution in [1.82, 2.24) is 19.4 Å². The zero-order valence-electron chi connectivity index (χ0n) is 16.9. The molecule has 156 valence electrons. The molecule has 1 aliphatic heterocycles. The summed E-state index contributed by atoms with van der Waals surface area (Å²) in [6.45, 7) is 3.91. The lowest BCUT2D eigenvalue weighted by Crippen LogP contribution is -2.24. The summed E-state index contributed by atoms with van der Waals surface area (Å²) in [4.78, 5) is 17.2. The van der Waals surface area contributed by atoms with Gasteiger partial charge in [-0.3, -0.25) is 14.3 Å². The molecule has 1 aliphatic rings. The highest BCUT2D eigenvalue weighted by atomic mass is 35.5. The number of aromatic nitrogens is 3. The Morgan fingerprint density at radius 3 is 2.63 bits per heavy atom. The Hall–Kier alpha value is -2.60. The third-order valence-corrected chi connectivity index (χ3v) is 5.67. The number of benzene rings is 1. The van der Waals surface area contributed by atoms with Crippen LogP contribution in [0.5, 0.6) is 0 Å². The largest absolute Gasteiger partial charge is 0.346 e. The standard InChI is InChI=1S/C23H22N4O.2ClH/c1-15-3-6-20(25-13-15)16-8-10-27(23(28)11-16)17-4-5-18-19-7-9-24-14-22(19)26(2)21(18)12-17;;/h3-6,8,10-13,24H,7,9,14H2,1-2H3;2*1H. The van der Waals surface area contributed by atoms with Crippen LogP contribution in [-0.2, 0) is 20.0 Å². The zero-order chi connectivity index (χ0) is 19.3. The molecular formula is C23H24Cl2N4O. The first-order chi connectivity index (χ1) is 13.6. The van der Waals surface area contributed by atoms with Gasteiger partial charge in [-0.15, -0.1) is 24.8 Å². The van der Waals surface area contributed by atoms with E-state index in [1.807, 2.05) is 43.6 Å². The van der Waals surface area contributed by atoms with E-state index in [0.29, 0.717) is 0 Å². The molecule has 30 heavy (non-hydrogen) atoms. The molecule has 5 rings (SSSR count). The molecule has 0 aliphatic carbocycles. The molecule has 3 aromatic heterocycles. The van der Waals surface area contributed by atoms with Gasteiger partial charge in [-0.25, -0.2) is 0 Å². The van der Waals surface area contributed by atoms with E-state index in [1.165, 1.54) is 22.2 Å². The van der Waals surface area contributed by atoms with E-state index in [2.05, 4.69) is 34.0 Å². The summed E-state index contributed by atoms with van der Waals surface area (Å²) in [7, 11) is 2.10. The lowest BCUT2D eigenvalue weighted by atomic mass is 10.0. The van der Waals surface area contributed by atoms with Gasteiger partial charge in [0, 0.05) is 48.7 Å². The molecular weight excluding hydrogens is 419 g/mol. The van der Waals surface area contributed by atoms with E-state index >= 15 is 0 Å². The van der Waals surface area contributed by atoms with Crippen LogP contribution in [0, 0.1) is 6.92 Å². The monoisotopic (exact) mass is 442 g/mol. The minimum atomic E-state index is -0.0557. The third-order valence-electron chi connectivity index (χ3n) is 5.67. The normalized spacial score (nSPS) is 12.7. The van der Waals surface area contributed by atoms with Gasteiger partial charge in [0.25, 0.3) is 5.56 Å². The van der Waals surface area contributed by atoms with Gasteiger partial charge in [-0.05, 0) is 55.3 Å². The molecule has 7 heteroatoms. The fraction of sp³-hybridized carbons (Fsp3) is 0.217. The minimum Gasteiger partial charge on any atom is -0.346 e. The highest BCUT2D eigenvalue weighted by molar-refractivity contribution is 5.87. The van der Waals surface area contributed by atoms with Gasteiger partial charge in [0.1, 0.15) is 0 Å². The van der Waals surface area contributed by atoms with E-state index < -0.39 is 0 Å². The summed E-state index contributed by atoms with van der Waals surface area (Å²) in [5.74, 6) is 0. The number of hydrogen-bond donors (Lipinski definition) is 1. The van der Waals surface area contributed by atoms with Crippen molar-refractivity contribution in [3.05, 3.63) is 82.0 Å². The molecule has 0 saturated heterocycles. The van der Waals surface area contributed by atoms with Crippen LogP contribution in [0.15, 0.2) is 59.7 Å². The summed E-state index contributed by atoms with van der Waals surface area (Å²) in [6.07, 6.45) is 4.70. The van der Waals surface area contributed by atoms with E-state index in [1.54, 1.807) is 10.6 Å². The van der Waals surface area contributed by atoms with E-state index in [0.717, 1.165) is 42.0 Å². The molecule has 0 saturated carbocycles. The topological polar surface area (TPSA) is 51.9 Å². The number of hydrogen-bond acceptors (Lipinski definition) is 3. The van der Waals surface area contributed by atoms with Crippen LogP contribution >= 0.6 is 24.8 Å². The fourth-order valence-corrected chi connectivity index (χ4v) is 4.12. The Balaban J connectivity index is 0.00000128. The van der Waals surface area contributed by atoms with Crippen molar-refractivity contribution < 1.29 is 0 Å². The highest BCUT2D eigenvalue weighted by Crippen LogP contribution is 2.29. The second kappa shape index (κ2) is 8.64. The molecule has 5 nitrogen and oxygen atoms in total. The molecule has 0 atom stereocenters. The van der Waals surface area contributed by atoms with Crippen LogP contribution in [0.2, 0.25) is 0 Å². The summed E-state index contributed by atoms with van der Waals surface area (Å²) in [5, 5.41) is 4.73. The van der Waals surface area contributed by atoms with Gasteiger partial charge in [-0.1, -0.05) is 12.1 Å².